The number of halogens is 3. The van der Waals surface area contributed by atoms with Crippen LogP contribution in [0.15, 0.2) is 42.9 Å². The molecule has 0 radical (unpaired) electrons. The van der Waals surface area contributed by atoms with Gasteiger partial charge in [0.25, 0.3) is 5.91 Å². The molecule has 0 bridgehead atoms. The fourth-order valence-electron chi connectivity index (χ4n) is 3.10. The van der Waals surface area contributed by atoms with Crippen LogP contribution in [-0.2, 0) is 19.1 Å². The molecule has 1 amide bonds. The topological polar surface area (TPSA) is 74.8 Å². The van der Waals surface area contributed by atoms with E-state index in [0.29, 0.717) is 30.8 Å². The van der Waals surface area contributed by atoms with Gasteiger partial charge in [0.15, 0.2) is 0 Å². The summed E-state index contributed by atoms with van der Waals surface area (Å²) in [4.78, 5) is 22.2. The molecule has 6 nitrogen and oxygen atoms in total. The first-order valence-corrected chi connectivity index (χ1v) is 8.22. The summed E-state index contributed by atoms with van der Waals surface area (Å²) >= 11 is 0. The molecule has 4 rings (SSSR count). The van der Waals surface area contributed by atoms with E-state index in [0.717, 1.165) is 23.4 Å². The molecule has 138 valence electrons. The van der Waals surface area contributed by atoms with Crippen molar-refractivity contribution in [3.05, 3.63) is 65.4 Å². The number of rotatable bonds is 2. The molecule has 0 unspecified atom stereocenters. The van der Waals surface area contributed by atoms with E-state index in [4.69, 9.17) is 0 Å². The summed E-state index contributed by atoms with van der Waals surface area (Å²) < 4.78 is 38.3. The first kappa shape index (κ1) is 17.2. The molecule has 1 aliphatic rings. The van der Waals surface area contributed by atoms with Crippen LogP contribution in [0.25, 0.3) is 11.3 Å². The molecule has 0 saturated carbocycles. The highest BCUT2D eigenvalue weighted by Gasteiger charge is 2.31. The summed E-state index contributed by atoms with van der Waals surface area (Å²) in [5.41, 5.74) is 2.34. The van der Waals surface area contributed by atoms with Crippen LogP contribution in [0.4, 0.5) is 13.2 Å². The van der Waals surface area contributed by atoms with E-state index in [1.807, 2.05) is 0 Å². The van der Waals surface area contributed by atoms with Crippen LogP contribution >= 0.6 is 0 Å². The van der Waals surface area contributed by atoms with Crippen molar-refractivity contribution in [1.29, 1.82) is 0 Å². The first-order valence-electron chi connectivity index (χ1n) is 8.22. The highest BCUT2D eigenvalue weighted by Crippen LogP contribution is 2.33. The van der Waals surface area contributed by atoms with Crippen molar-refractivity contribution >= 4 is 5.91 Å². The molecule has 0 fully saturated rings. The number of fused-ring (bicyclic) bond motifs is 1. The summed E-state index contributed by atoms with van der Waals surface area (Å²) in [6.45, 7) is 0.800. The molecule has 1 aliphatic heterocycles. The second kappa shape index (κ2) is 6.49. The Hall–Kier alpha value is -3.23. The van der Waals surface area contributed by atoms with Gasteiger partial charge in [-0.15, -0.1) is 0 Å². The molecule has 0 spiro atoms. The molecule has 3 heterocycles. The number of carbonyl (C=O) groups excluding carboxylic acids is 1. The van der Waals surface area contributed by atoms with Gasteiger partial charge >= 0.3 is 6.18 Å². The Labute approximate surface area is 152 Å². The summed E-state index contributed by atoms with van der Waals surface area (Å²) in [7, 11) is 0. The molecular formula is C18H14F3N5O. The second-order valence-corrected chi connectivity index (χ2v) is 6.17. The van der Waals surface area contributed by atoms with E-state index in [9.17, 15) is 18.0 Å². The Morgan fingerprint density at radius 2 is 1.93 bits per heavy atom. The lowest BCUT2D eigenvalue weighted by atomic mass is 10.00. The Balaban J connectivity index is 1.61. The molecule has 0 atom stereocenters. The maximum atomic E-state index is 12.8. The third kappa shape index (κ3) is 3.27. The average Bonchev–Trinajstić information content (AvgIpc) is 3.10. The summed E-state index contributed by atoms with van der Waals surface area (Å²) in [5, 5.41) is 7.18. The van der Waals surface area contributed by atoms with E-state index in [2.05, 4.69) is 20.2 Å². The molecule has 27 heavy (non-hydrogen) atoms. The van der Waals surface area contributed by atoms with Gasteiger partial charge in [-0.2, -0.15) is 18.3 Å². The van der Waals surface area contributed by atoms with Crippen LogP contribution in [0.1, 0.15) is 27.3 Å². The van der Waals surface area contributed by atoms with Gasteiger partial charge in [-0.3, -0.25) is 14.9 Å². The highest BCUT2D eigenvalue weighted by atomic mass is 19.4. The number of hydrogen-bond donors (Lipinski definition) is 1. The zero-order valence-corrected chi connectivity index (χ0v) is 14.0. The summed E-state index contributed by atoms with van der Waals surface area (Å²) in [6, 6.07) is 4.84. The number of hydrogen-bond acceptors (Lipinski definition) is 4. The van der Waals surface area contributed by atoms with Gasteiger partial charge in [0.1, 0.15) is 5.69 Å². The lowest BCUT2D eigenvalue weighted by molar-refractivity contribution is -0.137. The van der Waals surface area contributed by atoms with Crippen molar-refractivity contribution in [2.24, 2.45) is 0 Å². The molecule has 9 heteroatoms. The van der Waals surface area contributed by atoms with Gasteiger partial charge in [-0.05, 0) is 12.1 Å². The maximum absolute atomic E-state index is 12.8. The number of nitrogens with one attached hydrogen (secondary N) is 1. The molecular weight excluding hydrogens is 359 g/mol. The van der Waals surface area contributed by atoms with Gasteiger partial charge in [0, 0.05) is 42.2 Å². The van der Waals surface area contributed by atoms with E-state index in [1.165, 1.54) is 30.7 Å². The number of amides is 1. The van der Waals surface area contributed by atoms with E-state index in [-0.39, 0.29) is 11.6 Å². The molecule has 1 aromatic carbocycles. The Bertz CT molecular complexity index is 967. The number of nitrogens with zero attached hydrogens (tertiary/aromatic N) is 4. The van der Waals surface area contributed by atoms with Crippen molar-refractivity contribution in [1.82, 2.24) is 25.1 Å². The minimum atomic E-state index is -4.39. The van der Waals surface area contributed by atoms with Crippen molar-refractivity contribution < 1.29 is 18.0 Å². The van der Waals surface area contributed by atoms with Crippen LogP contribution in [0.3, 0.4) is 0 Å². The number of aromatic amines is 1. The van der Waals surface area contributed by atoms with Crippen LogP contribution < -0.4 is 0 Å². The predicted molar refractivity (Wildman–Crippen MR) is 89.5 cm³/mol. The average molecular weight is 373 g/mol. The van der Waals surface area contributed by atoms with Crippen molar-refractivity contribution in [3.63, 3.8) is 0 Å². The largest absolute Gasteiger partial charge is 0.416 e. The number of aromatic nitrogens is 4. The lowest BCUT2D eigenvalue weighted by Crippen LogP contribution is -2.36. The van der Waals surface area contributed by atoms with E-state index < -0.39 is 11.7 Å². The van der Waals surface area contributed by atoms with Crippen molar-refractivity contribution in [2.75, 3.05) is 6.54 Å². The zero-order valence-electron chi connectivity index (χ0n) is 14.0. The minimum Gasteiger partial charge on any atom is -0.332 e. The van der Waals surface area contributed by atoms with E-state index >= 15 is 0 Å². The standard InChI is InChI=1S/C18H14F3N5O/c19-18(20,21)12-3-1-11(2-4-12)16-13-10-26(8-5-14(13)24-25-16)17(27)15-9-22-6-7-23-15/h1-4,6-7,9H,5,8,10H2,(H,24,25). The third-order valence-corrected chi connectivity index (χ3v) is 4.49. The van der Waals surface area contributed by atoms with Crippen LogP contribution in [0.2, 0.25) is 0 Å². The van der Waals surface area contributed by atoms with E-state index in [1.54, 1.807) is 4.90 Å². The Morgan fingerprint density at radius 1 is 1.15 bits per heavy atom. The third-order valence-electron chi connectivity index (χ3n) is 4.49. The monoisotopic (exact) mass is 373 g/mol. The summed E-state index contributed by atoms with van der Waals surface area (Å²) in [5.74, 6) is -0.242. The molecule has 2 aromatic heterocycles. The van der Waals surface area contributed by atoms with Crippen LogP contribution in [0.5, 0.6) is 0 Å². The van der Waals surface area contributed by atoms with Crippen LogP contribution in [-0.4, -0.2) is 37.5 Å². The quantitative estimate of drug-likeness (QED) is 0.749. The second-order valence-electron chi connectivity index (χ2n) is 6.17. The fraction of sp³-hybridized carbons (Fsp3) is 0.222. The van der Waals surface area contributed by atoms with Gasteiger partial charge < -0.3 is 4.90 Å². The van der Waals surface area contributed by atoms with Gasteiger partial charge in [0.2, 0.25) is 0 Å². The highest BCUT2D eigenvalue weighted by molar-refractivity contribution is 5.92. The number of alkyl halides is 3. The van der Waals surface area contributed by atoms with Crippen molar-refractivity contribution in [2.45, 2.75) is 19.1 Å². The molecule has 1 N–H and O–H groups in total. The molecule has 3 aromatic rings. The fourth-order valence-corrected chi connectivity index (χ4v) is 3.10. The van der Waals surface area contributed by atoms with Gasteiger partial charge in [0.05, 0.1) is 24.0 Å². The number of carbonyl (C=O) groups is 1. The van der Waals surface area contributed by atoms with Gasteiger partial charge in [-0.25, -0.2) is 4.98 Å². The zero-order chi connectivity index (χ0) is 19.0. The number of benzene rings is 1. The predicted octanol–water partition coefficient (Wildman–Crippen LogP) is 3.08. The molecule has 0 aliphatic carbocycles. The maximum Gasteiger partial charge on any atom is 0.416 e. The minimum absolute atomic E-state index is 0.242. The summed E-state index contributed by atoms with van der Waals surface area (Å²) in [6.07, 6.45) is 0.542. The SMILES string of the molecule is O=C(c1cnccn1)N1CCc2[nH]nc(-c3ccc(C(F)(F)F)cc3)c2C1. The smallest absolute Gasteiger partial charge is 0.332 e. The molecule has 0 saturated heterocycles. The Morgan fingerprint density at radius 3 is 2.59 bits per heavy atom. The normalized spacial score (nSPS) is 14.1. The number of H-pyrrole nitrogens is 1. The first-order chi connectivity index (χ1) is 12.9. The lowest BCUT2D eigenvalue weighted by Gasteiger charge is -2.26. The Kier molecular flexibility index (Phi) is 4.14. The van der Waals surface area contributed by atoms with Crippen molar-refractivity contribution in [3.8, 4) is 11.3 Å². The van der Waals surface area contributed by atoms with Crippen LogP contribution in [0, 0.1) is 0 Å². The van der Waals surface area contributed by atoms with Gasteiger partial charge in [-0.1, -0.05) is 12.1 Å².